The lowest BCUT2D eigenvalue weighted by molar-refractivity contribution is 0.0939. The summed E-state index contributed by atoms with van der Waals surface area (Å²) in [5.74, 6) is 0.183. The van der Waals surface area contributed by atoms with Crippen LogP contribution in [-0.2, 0) is 6.61 Å². The standard InChI is InChI=1S/C19H23N3O2/c1-13(14-5-3-2-4-6-14)22-19(24)15-7-8-18(16(9-15)12-23)17-10-20-21-11-17/h2-9,13,17,20-21,23H,10-12H2,1H3,(H,22,24)/t13-/m1/s1. The monoisotopic (exact) mass is 325 g/mol. The Hall–Kier alpha value is -2.21. The smallest absolute Gasteiger partial charge is 0.251 e. The van der Waals surface area contributed by atoms with Crippen molar-refractivity contribution in [2.45, 2.75) is 25.5 Å². The van der Waals surface area contributed by atoms with Crippen molar-refractivity contribution < 1.29 is 9.90 Å². The molecule has 3 rings (SSSR count). The van der Waals surface area contributed by atoms with Gasteiger partial charge in [0.1, 0.15) is 0 Å². The highest BCUT2D eigenvalue weighted by molar-refractivity contribution is 5.94. The lowest BCUT2D eigenvalue weighted by Gasteiger charge is -2.17. The molecule has 1 aliphatic rings. The van der Waals surface area contributed by atoms with Crippen LogP contribution in [0.2, 0.25) is 0 Å². The molecule has 0 saturated carbocycles. The van der Waals surface area contributed by atoms with Crippen molar-refractivity contribution in [3.05, 3.63) is 70.8 Å². The van der Waals surface area contributed by atoms with Crippen LogP contribution in [0.4, 0.5) is 0 Å². The summed E-state index contributed by atoms with van der Waals surface area (Å²) in [6.07, 6.45) is 0. The van der Waals surface area contributed by atoms with E-state index in [2.05, 4.69) is 16.2 Å². The van der Waals surface area contributed by atoms with Gasteiger partial charge in [0.2, 0.25) is 0 Å². The first-order valence-electron chi connectivity index (χ1n) is 8.24. The highest BCUT2D eigenvalue weighted by Gasteiger charge is 2.20. The Morgan fingerprint density at radius 1 is 1.21 bits per heavy atom. The number of amides is 1. The molecule has 1 heterocycles. The fourth-order valence-corrected chi connectivity index (χ4v) is 3.07. The highest BCUT2D eigenvalue weighted by Crippen LogP contribution is 2.23. The van der Waals surface area contributed by atoms with Gasteiger partial charge in [-0.15, -0.1) is 0 Å². The first-order valence-corrected chi connectivity index (χ1v) is 8.24. The van der Waals surface area contributed by atoms with E-state index in [1.54, 1.807) is 6.07 Å². The van der Waals surface area contributed by atoms with Crippen LogP contribution in [0.25, 0.3) is 0 Å². The summed E-state index contributed by atoms with van der Waals surface area (Å²) in [5.41, 5.74) is 9.72. The second-order valence-electron chi connectivity index (χ2n) is 6.14. The molecule has 1 aliphatic heterocycles. The van der Waals surface area contributed by atoms with Crippen molar-refractivity contribution in [1.29, 1.82) is 0 Å². The van der Waals surface area contributed by atoms with Gasteiger partial charge in [-0.2, -0.15) is 0 Å². The summed E-state index contributed by atoms with van der Waals surface area (Å²) < 4.78 is 0. The van der Waals surface area contributed by atoms with E-state index < -0.39 is 0 Å². The maximum absolute atomic E-state index is 12.5. The Morgan fingerprint density at radius 2 is 1.92 bits per heavy atom. The van der Waals surface area contributed by atoms with Gasteiger partial charge in [-0.1, -0.05) is 36.4 Å². The van der Waals surface area contributed by atoms with Crippen LogP contribution in [0.15, 0.2) is 48.5 Å². The molecule has 0 spiro atoms. The van der Waals surface area contributed by atoms with Crippen LogP contribution in [-0.4, -0.2) is 24.1 Å². The second-order valence-corrected chi connectivity index (χ2v) is 6.14. The van der Waals surface area contributed by atoms with Crippen molar-refractivity contribution in [2.24, 2.45) is 0 Å². The van der Waals surface area contributed by atoms with Crippen LogP contribution < -0.4 is 16.2 Å². The number of carbonyl (C=O) groups excluding carboxylic acids is 1. The van der Waals surface area contributed by atoms with Gasteiger partial charge in [-0.25, -0.2) is 0 Å². The van der Waals surface area contributed by atoms with E-state index in [0.717, 1.165) is 29.8 Å². The van der Waals surface area contributed by atoms with Gasteiger partial charge >= 0.3 is 0 Å². The summed E-state index contributed by atoms with van der Waals surface area (Å²) in [7, 11) is 0. The number of rotatable bonds is 5. The zero-order chi connectivity index (χ0) is 16.9. The van der Waals surface area contributed by atoms with E-state index in [-0.39, 0.29) is 18.6 Å². The molecule has 5 nitrogen and oxygen atoms in total. The normalized spacial score (nSPS) is 16.1. The van der Waals surface area contributed by atoms with Gasteiger partial charge in [0.25, 0.3) is 5.91 Å². The molecule has 2 aromatic carbocycles. The number of carbonyl (C=O) groups is 1. The molecule has 1 fully saturated rings. The Labute approximate surface area is 142 Å². The maximum Gasteiger partial charge on any atom is 0.251 e. The molecule has 1 saturated heterocycles. The summed E-state index contributed by atoms with van der Waals surface area (Å²) >= 11 is 0. The van der Waals surface area contributed by atoms with Crippen LogP contribution in [0.1, 0.15) is 45.9 Å². The number of hydrogen-bond donors (Lipinski definition) is 4. The summed E-state index contributed by atoms with van der Waals surface area (Å²) in [5, 5.41) is 12.7. The Kier molecular flexibility index (Phi) is 5.25. The van der Waals surface area contributed by atoms with Gasteiger partial charge in [0, 0.05) is 24.6 Å². The summed E-state index contributed by atoms with van der Waals surface area (Å²) in [4.78, 5) is 12.5. The minimum absolute atomic E-state index is 0.0683. The molecular formula is C19H23N3O2. The fraction of sp³-hybridized carbons (Fsp3) is 0.316. The summed E-state index contributed by atoms with van der Waals surface area (Å²) in [6, 6.07) is 15.4. The van der Waals surface area contributed by atoms with Crippen molar-refractivity contribution in [3.8, 4) is 0 Å². The average molecular weight is 325 g/mol. The van der Waals surface area contributed by atoms with Gasteiger partial charge in [0.15, 0.2) is 0 Å². The van der Waals surface area contributed by atoms with Gasteiger partial charge < -0.3 is 10.4 Å². The third-order valence-electron chi connectivity index (χ3n) is 4.48. The molecule has 126 valence electrons. The third kappa shape index (κ3) is 3.64. The van der Waals surface area contributed by atoms with Crippen molar-refractivity contribution in [1.82, 2.24) is 16.2 Å². The Morgan fingerprint density at radius 3 is 2.58 bits per heavy atom. The molecule has 0 bridgehead atoms. The number of hydrogen-bond acceptors (Lipinski definition) is 4. The first-order chi connectivity index (χ1) is 11.7. The predicted molar refractivity (Wildman–Crippen MR) is 93.4 cm³/mol. The van der Waals surface area contributed by atoms with E-state index in [4.69, 9.17) is 0 Å². The number of benzene rings is 2. The highest BCUT2D eigenvalue weighted by atomic mass is 16.3. The zero-order valence-corrected chi connectivity index (χ0v) is 13.8. The minimum Gasteiger partial charge on any atom is -0.392 e. The van der Waals surface area contributed by atoms with Crippen molar-refractivity contribution in [2.75, 3.05) is 13.1 Å². The van der Waals surface area contributed by atoms with Crippen LogP contribution in [0.5, 0.6) is 0 Å². The van der Waals surface area contributed by atoms with E-state index in [1.165, 1.54) is 0 Å². The minimum atomic E-state index is -0.129. The molecule has 4 N–H and O–H groups in total. The first kappa shape index (κ1) is 16.6. The topological polar surface area (TPSA) is 73.4 Å². The molecule has 0 radical (unpaired) electrons. The van der Waals surface area contributed by atoms with Gasteiger partial charge in [-0.05, 0) is 35.7 Å². The van der Waals surface area contributed by atoms with E-state index in [1.807, 2.05) is 49.4 Å². The van der Waals surface area contributed by atoms with E-state index >= 15 is 0 Å². The SMILES string of the molecule is C[C@@H](NC(=O)c1ccc(C2CNNC2)c(CO)c1)c1ccccc1. The van der Waals surface area contributed by atoms with Crippen LogP contribution in [0, 0.1) is 0 Å². The van der Waals surface area contributed by atoms with Crippen molar-refractivity contribution in [3.63, 3.8) is 0 Å². The van der Waals surface area contributed by atoms with Crippen LogP contribution in [0.3, 0.4) is 0 Å². The largest absolute Gasteiger partial charge is 0.392 e. The molecule has 5 heteroatoms. The Balaban J connectivity index is 1.75. The average Bonchev–Trinajstić information content (AvgIpc) is 3.16. The van der Waals surface area contributed by atoms with E-state index in [0.29, 0.717) is 11.5 Å². The van der Waals surface area contributed by atoms with E-state index in [9.17, 15) is 9.90 Å². The quantitative estimate of drug-likeness (QED) is 0.677. The van der Waals surface area contributed by atoms with Gasteiger partial charge in [-0.3, -0.25) is 15.6 Å². The predicted octanol–water partition coefficient (Wildman–Crippen LogP) is 1.86. The lowest BCUT2D eigenvalue weighted by Crippen LogP contribution is -2.26. The number of aliphatic hydroxyl groups excluding tert-OH is 1. The molecule has 2 aromatic rings. The maximum atomic E-state index is 12.5. The lowest BCUT2D eigenvalue weighted by atomic mass is 9.93. The number of nitrogens with one attached hydrogen (secondary N) is 3. The molecule has 0 aromatic heterocycles. The Bertz CT molecular complexity index is 697. The van der Waals surface area contributed by atoms with Crippen LogP contribution >= 0.6 is 0 Å². The van der Waals surface area contributed by atoms with Crippen molar-refractivity contribution >= 4 is 5.91 Å². The molecule has 0 unspecified atom stereocenters. The van der Waals surface area contributed by atoms with Gasteiger partial charge in [0.05, 0.1) is 12.6 Å². The number of aliphatic hydroxyl groups is 1. The molecule has 0 aliphatic carbocycles. The molecule has 1 atom stereocenters. The molecule has 24 heavy (non-hydrogen) atoms. The fourth-order valence-electron chi connectivity index (χ4n) is 3.07. The second kappa shape index (κ2) is 7.57. The summed E-state index contributed by atoms with van der Waals surface area (Å²) in [6.45, 7) is 3.54. The zero-order valence-electron chi connectivity index (χ0n) is 13.8. The number of hydrazine groups is 1. The molecule has 1 amide bonds. The molecular weight excluding hydrogens is 302 g/mol. The third-order valence-corrected chi connectivity index (χ3v) is 4.48.